The maximum atomic E-state index is 3.93. The number of rotatable bonds is 5. The van der Waals surface area contributed by atoms with Gasteiger partial charge in [0.2, 0.25) is 0 Å². The molecule has 0 aliphatic heterocycles. The molecule has 0 aromatic heterocycles. The van der Waals surface area contributed by atoms with Crippen molar-refractivity contribution >= 4 is 0 Å². The molecule has 0 saturated heterocycles. The summed E-state index contributed by atoms with van der Waals surface area (Å²) in [6.07, 6.45) is 3.41. The first-order valence-electron chi connectivity index (χ1n) is 5.17. The summed E-state index contributed by atoms with van der Waals surface area (Å²) >= 11 is 0. The van der Waals surface area contributed by atoms with Crippen molar-refractivity contribution in [2.45, 2.75) is 41.0 Å². The van der Waals surface area contributed by atoms with Crippen LogP contribution in [0.1, 0.15) is 41.0 Å². The predicted molar refractivity (Wildman–Crippen MR) is 57.1 cm³/mol. The van der Waals surface area contributed by atoms with Crippen molar-refractivity contribution in [3.63, 3.8) is 0 Å². The van der Waals surface area contributed by atoms with Crippen LogP contribution in [-0.2, 0) is 0 Å². The normalized spacial score (nSPS) is 16.6. The van der Waals surface area contributed by atoms with Gasteiger partial charge in [-0.3, -0.25) is 0 Å². The molecule has 0 bridgehead atoms. The van der Waals surface area contributed by atoms with E-state index in [1.807, 2.05) is 0 Å². The summed E-state index contributed by atoms with van der Waals surface area (Å²) in [6, 6.07) is 0. The second kappa shape index (κ2) is 5.40. The smallest absolute Gasteiger partial charge is 0.0182 e. The van der Waals surface area contributed by atoms with Gasteiger partial charge in [-0.25, -0.2) is 0 Å². The Bertz CT molecular complexity index is 122. The molecule has 0 saturated carbocycles. The van der Waals surface area contributed by atoms with Crippen molar-refractivity contribution < 1.29 is 0 Å². The van der Waals surface area contributed by atoms with Crippen molar-refractivity contribution in [2.24, 2.45) is 23.7 Å². The van der Waals surface area contributed by atoms with Gasteiger partial charge in [-0.2, -0.15) is 0 Å². The maximum Gasteiger partial charge on any atom is -0.0182 e. The molecule has 0 aromatic rings. The zero-order valence-corrected chi connectivity index (χ0v) is 9.30. The second-order valence-electron chi connectivity index (χ2n) is 4.37. The molecule has 0 nitrogen and oxygen atoms in total. The summed E-state index contributed by atoms with van der Waals surface area (Å²) in [5.41, 5.74) is 0. The largest absolute Gasteiger partial charge is 0.103 e. The topological polar surface area (TPSA) is 0 Å². The highest BCUT2D eigenvalue weighted by atomic mass is 14.3. The molecule has 0 aliphatic rings. The second-order valence-corrected chi connectivity index (χ2v) is 4.37. The Labute approximate surface area is 78.1 Å². The molecular weight excluding hydrogens is 144 g/mol. The third kappa shape index (κ3) is 3.00. The van der Waals surface area contributed by atoms with Gasteiger partial charge in [0.1, 0.15) is 0 Å². The monoisotopic (exact) mass is 168 g/mol. The third-order valence-corrected chi connectivity index (χ3v) is 2.86. The lowest BCUT2D eigenvalue weighted by atomic mass is 9.76. The molecule has 0 aromatic carbocycles. The Balaban J connectivity index is 4.33. The van der Waals surface area contributed by atoms with Gasteiger partial charge in [0.05, 0.1) is 0 Å². The third-order valence-electron chi connectivity index (χ3n) is 2.86. The lowest BCUT2D eigenvalue weighted by Gasteiger charge is -2.29. The van der Waals surface area contributed by atoms with Crippen LogP contribution in [0.5, 0.6) is 0 Å². The molecule has 0 aliphatic carbocycles. The van der Waals surface area contributed by atoms with Gasteiger partial charge in [0.15, 0.2) is 0 Å². The van der Waals surface area contributed by atoms with Gasteiger partial charge < -0.3 is 0 Å². The zero-order chi connectivity index (χ0) is 9.72. The fourth-order valence-electron chi connectivity index (χ4n) is 2.13. The molecule has 12 heavy (non-hydrogen) atoms. The van der Waals surface area contributed by atoms with E-state index in [9.17, 15) is 0 Å². The van der Waals surface area contributed by atoms with E-state index in [2.05, 4.69) is 47.3 Å². The van der Waals surface area contributed by atoms with Gasteiger partial charge in [-0.15, -0.1) is 6.58 Å². The molecule has 0 fully saturated rings. The summed E-state index contributed by atoms with van der Waals surface area (Å²) in [7, 11) is 0. The standard InChI is InChI=1S/C12H24/c1-7-11(9(3)4)12(8-2)10(5)6/h7,9-12H,1,8H2,2-6H3. The van der Waals surface area contributed by atoms with Gasteiger partial charge in [-0.05, 0) is 23.7 Å². The van der Waals surface area contributed by atoms with E-state index >= 15 is 0 Å². The highest BCUT2D eigenvalue weighted by Gasteiger charge is 2.22. The van der Waals surface area contributed by atoms with E-state index in [0.29, 0.717) is 5.92 Å². The van der Waals surface area contributed by atoms with Gasteiger partial charge in [0, 0.05) is 0 Å². The first-order chi connectivity index (χ1) is 5.54. The van der Waals surface area contributed by atoms with Crippen molar-refractivity contribution in [2.75, 3.05) is 0 Å². The van der Waals surface area contributed by atoms with Crippen molar-refractivity contribution in [1.82, 2.24) is 0 Å². The van der Waals surface area contributed by atoms with Crippen LogP contribution >= 0.6 is 0 Å². The summed E-state index contributed by atoms with van der Waals surface area (Å²) in [5.74, 6) is 3.01. The molecule has 0 heterocycles. The Kier molecular flexibility index (Phi) is 5.28. The average molecular weight is 168 g/mol. The minimum absolute atomic E-state index is 0.690. The zero-order valence-electron chi connectivity index (χ0n) is 9.30. The lowest BCUT2D eigenvalue weighted by Crippen LogP contribution is -2.22. The van der Waals surface area contributed by atoms with E-state index in [1.54, 1.807) is 0 Å². The molecule has 2 atom stereocenters. The SMILES string of the molecule is C=CC(C(C)C)C(CC)C(C)C. The number of hydrogen-bond donors (Lipinski definition) is 0. The van der Waals surface area contributed by atoms with E-state index in [-0.39, 0.29) is 0 Å². The Hall–Kier alpha value is -0.260. The van der Waals surface area contributed by atoms with Crippen LogP contribution < -0.4 is 0 Å². The van der Waals surface area contributed by atoms with E-state index in [4.69, 9.17) is 0 Å². The maximum absolute atomic E-state index is 3.93. The molecular formula is C12H24. The first kappa shape index (κ1) is 11.7. The van der Waals surface area contributed by atoms with Crippen molar-refractivity contribution in [3.8, 4) is 0 Å². The molecule has 72 valence electrons. The Morgan fingerprint density at radius 3 is 1.67 bits per heavy atom. The Morgan fingerprint density at radius 1 is 1.08 bits per heavy atom. The van der Waals surface area contributed by atoms with Crippen LogP contribution in [0.4, 0.5) is 0 Å². The van der Waals surface area contributed by atoms with Gasteiger partial charge in [-0.1, -0.05) is 47.1 Å². The van der Waals surface area contributed by atoms with Crippen LogP contribution in [0, 0.1) is 23.7 Å². The number of hydrogen-bond acceptors (Lipinski definition) is 0. The average Bonchev–Trinajstić information content (AvgIpc) is 1.98. The van der Waals surface area contributed by atoms with E-state index < -0.39 is 0 Å². The fourth-order valence-corrected chi connectivity index (χ4v) is 2.13. The van der Waals surface area contributed by atoms with E-state index in [1.165, 1.54) is 6.42 Å². The molecule has 0 rings (SSSR count). The van der Waals surface area contributed by atoms with Crippen molar-refractivity contribution in [1.29, 1.82) is 0 Å². The van der Waals surface area contributed by atoms with Crippen LogP contribution in [0.15, 0.2) is 12.7 Å². The predicted octanol–water partition coefficient (Wildman–Crippen LogP) is 4.13. The van der Waals surface area contributed by atoms with Crippen molar-refractivity contribution in [3.05, 3.63) is 12.7 Å². The minimum atomic E-state index is 0.690. The summed E-state index contributed by atoms with van der Waals surface area (Å²) < 4.78 is 0. The molecule has 0 heteroatoms. The van der Waals surface area contributed by atoms with Crippen LogP contribution in [-0.4, -0.2) is 0 Å². The highest BCUT2D eigenvalue weighted by Crippen LogP contribution is 2.30. The van der Waals surface area contributed by atoms with Crippen LogP contribution in [0.25, 0.3) is 0 Å². The lowest BCUT2D eigenvalue weighted by molar-refractivity contribution is 0.235. The highest BCUT2D eigenvalue weighted by molar-refractivity contribution is 4.87. The summed E-state index contributed by atoms with van der Waals surface area (Å²) in [6.45, 7) is 15.4. The van der Waals surface area contributed by atoms with Crippen LogP contribution in [0.2, 0.25) is 0 Å². The van der Waals surface area contributed by atoms with Gasteiger partial charge in [0.25, 0.3) is 0 Å². The van der Waals surface area contributed by atoms with Crippen LogP contribution in [0.3, 0.4) is 0 Å². The molecule has 0 amide bonds. The molecule has 0 N–H and O–H groups in total. The minimum Gasteiger partial charge on any atom is -0.103 e. The van der Waals surface area contributed by atoms with Gasteiger partial charge >= 0.3 is 0 Å². The molecule has 0 radical (unpaired) electrons. The first-order valence-corrected chi connectivity index (χ1v) is 5.17. The quantitative estimate of drug-likeness (QED) is 0.541. The molecule has 2 unspecified atom stereocenters. The fraction of sp³-hybridized carbons (Fsp3) is 0.833. The summed E-state index contributed by atoms with van der Waals surface area (Å²) in [4.78, 5) is 0. The molecule has 0 spiro atoms. The number of allylic oxidation sites excluding steroid dienone is 1. The summed E-state index contributed by atoms with van der Waals surface area (Å²) in [5, 5.41) is 0. The van der Waals surface area contributed by atoms with E-state index in [0.717, 1.165) is 17.8 Å². The Morgan fingerprint density at radius 2 is 1.58 bits per heavy atom.